The molecule has 0 bridgehead atoms. The van der Waals surface area contributed by atoms with E-state index in [-0.39, 0.29) is 30.4 Å². The predicted octanol–water partition coefficient (Wildman–Crippen LogP) is 3.95. The van der Waals surface area contributed by atoms with Gasteiger partial charge < -0.3 is 9.30 Å². The fourth-order valence-corrected chi connectivity index (χ4v) is 4.37. The van der Waals surface area contributed by atoms with Gasteiger partial charge in [-0.2, -0.15) is 0 Å². The third-order valence-corrected chi connectivity index (χ3v) is 5.74. The second kappa shape index (κ2) is 8.20. The highest BCUT2D eigenvalue weighted by atomic mass is 35.5. The largest absolute Gasteiger partial charge is 0.378 e. The molecule has 1 N–H and O–H groups in total. The molecule has 31 heavy (non-hydrogen) atoms. The summed E-state index contributed by atoms with van der Waals surface area (Å²) in [5, 5.41) is 4.30. The number of rotatable bonds is 4. The van der Waals surface area contributed by atoms with Gasteiger partial charge in [0.15, 0.2) is 0 Å². The van der Waals surface area contributed by atoms with Gasteiger partial charge in [0.1, 0.15) is 11.3 Å². The van der Waals surface area contributed by atoms with Crippen LogP contribution in [-0.2, 0) is 16.0 Å². The Morgan fingerprint density at radius 3 is 2.90 bits per heavy atom. The molecule has 8 nitrogen and oxygen atoms in total. The Balaban J connectivity index is 1.61. The number of imidazole rings is 1. The molecule has 158 valence electrons. The summed E-state index contributed by atoms with van der Waals surface area (Å²) >= 11 is 6.31. The Morgan fingerprint density at radius 2 is 2.10 bits per heavy atom. The topological polar surface area (TPSA) is 94.8 Å². The van der Waals surface area contributed by atoms with E-state index in [1.807, 2.05) is 18.2 Å². The van der Waals surface area contributed by atoms with Gasteiger partial charge in [-0.3, -0.25) is 15.1 Å². The zero-order valence-corrected chi connectivity index (χ0v) is 17.7. The Bertz CT molecular complexity index is 1260. The van der Waals surface area contributed by atoms with Crippen molar-refractivity contribution < 1.29 is 9.53 Å². The van der Waals surface area contributed by atoms with Gasteiger partial charge in [0.25, 0.3) is 0 Å². The number of ether oxygens (including phenoxy) is 1. The summed E-state index contributed by atoms with van der Waals surface area (Å²) in [6, 6.07) is 7.50. The summed E-state index contributed by atoms with van der Waals surface area (Å²) in [5.74, 6) is 0.726. The second-order valence-electron chi connectivity index (χ2n) is 7.71. The van der Waals surface area contributed by atoms with Crippen LogP contribution in [0.2, 0.25) is 5.02 Å². The van der Waals surface area contributed by atoms with Gasteiger partial charge in [0.2, 0.25) is 11.9 Å². The number of nitrogens with zero attached hydrogens (tertiary/aromatic N) is 5. The average Bonchev–Trinajstić information content (AvgIpc) is 3.12. The molecule has 4 heterocycles. The molecule has 0 unspecified atom stereocenters. The summed E-state index contributed by atoms with van der Waals surface area (Å²) in [4.78, 5) is 30.2. The minimum atomic E-state index is -0.224. The fourth-order valence-electron chi connectivity index (χ4n) is 4.20. The van der Waals surface area contributed by atoms with Crippen molar-refractivity contribution in [3.05, 3.63) is 53.7 Å². The number of anilines is 1. The quantitative estimate of drug-likeness (QED) is 0.520. The molecule has 2 atom stereocenters. The van der Waals surface area contributed by atoms with E-state index >= 15 is 0 Å². The number of fused-ring (bicyclic) bond motifs is 3. The van der Waals surface area contributed by atoms with Crippen molar-refractivity contribution in [1.29, 1.82) is 0 Å². The van der Waals surface area contributed by atoms with Gasteiger partial charge in [0, 0.05) is 35.5 Å². The summed E-state index contributed by atoms with van der Waals surface area (Å²) in [6.45, 7) is 2.74. The first kappa shape index (κ1) is 19.8. The first-order valence-corrected chi connectivity index (χ1v) is 10.6. The maximum atomic E-state index is 12.8. The Morgan fingerprint density at radius 1 is 1.26 bits per heavy atom. The van der Waals surface area contributed by atoms with Crippen molar-refractivity contribution in [3.63, 3.8) is 0 Å². The van der Waals surface area contributed by atoms with Gasteiger partial charge in [-0.25, -0.2) is 15.0 Å². The van der Waals surface area contributed by atoms with E-state index in [1.54, 1.807) is 24.7 Å². The smallest absolute Gasteiger partial charge is 0.234 e. The summed E-state index contributed by atoms with van der Waals surface area (Å²) in [5.41, 5.74) is 2.53. The van der Waals surface area contributed by atoms with Crippen LogP contribution in [0, 0.1) is 0 Å². The Hall–Kier alpha value is -3.10. The third kappa shape index (κ3) is 3.96. The number of nitrogens with one attached hydrogen (secondary N) is 1. The monoisotopic (exact) mass is 436 g/mol. The van der Waals surface area contributed by atoms with Crippen molar-refractivity contribution >= 4 is 45.4 Å². The van der Waals surface area contributed by atoms with Crippen LogP contribution in [-0.4, -0.2) is 43.1 Å². The molecule has 0 aliphatic carbocycles. The van der Waals surface area contributed by atoms with Gasteiger partial charge in [0.05, 0.1) is 29.8 Å². The lowest BCUT2D eigenvalue weighted by atomic mass is 10.0. The van der Waals surface area contributed by atoms with Crippen molar-refractivity contribution in [2.75, 3.05) is 11.9 Å². The number of hydrogen-bond acceptors (Lipinski definition) is 6. The van der Waals surface area contributed by atoms with E-state index < -0.39 is 0 Å². The number of carbonyl (C=O) groups excluding carboxylic acids is 1. The van der Waals surface area contributed by atoms with E-state index in [4.69, 9.17) is 21.3 Å². The molecule has 0 spiro atoms. The van der Waals surface area contributed by atoms with E-state index in [0.717, 1.165) is 34.8 Å². The molecule has 1 aliphatic heterocycles. The molecule has 1 fully saturated rings. The molecule has 1 aromatic carbocycles. The summed E-state index contributed by atoms with van der Waals surface area (Å²) in [7, 11) is 0. The third-order valence-electron chi connectivity index (χ3n) is 5.51. The lowest BCUT2D eigenvalue weighted by molar-refractivity contribution is -0.115. The molecule has 4 aromatic rings. The molecule has 9 heteroatoms. The van der Waals surface area contributed by atoms with Crippen LogP contribution in [0.25, 0.3) is 21.9 Å². The first-order valence-electron chi connectivity index (χ1n) is 10.2. The van der Waals surface area contributed by atoms with Crippen LogP contribution < -0.4 is 5.32 Å². The molecule has 3 aromatic heterocycles. The number of amides is 1. The van der Waals surface area contributed by atoms with E-state index in [1.165, 1.54) is 0 Å². The average molecular weight is 437 g/mol. The van der Waals surface area contributed by atoms with Crippen LogP contribution in [0.15, 0.2) is 42.9 Å². The van der Waals surface area contributed by atoms with Gasteiger partial charge in [-0.05, 0) is 44.0 Å². The lowest BCUT2D eigenvalue weighted by Gasteiger charge is -2.30. The number of benzene rings is 1. The normalized spacial score (nSPS) is 19.0. The highest BCUT2D eigenvalue weighted by Gasteiger charge is 2.27. The van der Waals surface area contributed by atoms with Gasteiger partial charge >= 0.3 is 0 Å². The number of aromatic nitrogens is 5. The van der Waals surface area contributed by atoms with Crippen LogP contribution in [0.5, 0.6) is 0 Å². The fraction of sp³-hybridized carbons (Fsp3) is 0.318. The zero-order chi connectivity index (χ0) is 21.4. The molecule has 5 rings (SSSR count). The second-order valence-corrected chi connectivity index (χ2v) is 8.14. The zero-order valence-electron chi connectivity index (χ0n) is 17.0. The number of halogens is 1. The van der Waals surface area contributed by atoms with E-state index in [0.29, 0.717) is 17.5 Å². The molecule has 1 saturated heterocycles. The minimum absolute atomic E-state index is 0.0979. The summed E-state index contributed by atoms with van der Waals surface area (Å²) < 4.78 is 7.94. The van der Waals surface area contributed by atoms with Gasteiger partial charge in [-0.15, -0.1) is 0 Å². The van der Waals surface area contributed by atoms with Crippen LogP contribution in [0.4, 0.5) is 5.95 Å². The summed E-state index contributed by atoms with van der Waals surface area (Å²) in [6.07, 6.45) is 6.84. The highest BCUT2D eigenvalue weighted by Crippen LogP contribution is 2.34. The molecular weight excluding hydrogens is 416 g/mol. The Kier molecular flexibility index (Phi) is 5.25. The van der Waals surface area contributed by atoms with Crippen molar-refractivity contribution in [2.45, 2.75) is 38.3 Å². The SMILES string of the molecule is C[C@@H]1C[C@H](n2c(CC(=O)Nc3ncccn3)nc3cnc4ccc(Cl)cc4c32)CCO1. The Labute approximate surface area is 183 Å². The van der Waals surface area contributed by atoms with Crippen LogP contribution in [0.3, 0.4) is 0 Å². The molecular formula is C22H21ClN6O2. The van der Waals surface area contributed by atoms with Gasteiger partial charge in [-0.1, -0.05) is 11.6 Å². The van der Waals surface area contributed by atoms with Crippen molar-refractivity contribution in [2.24, 2.45) is 0 Å². The molecule has 0 radical (unpaired) electrons. The molecule has 1 aliphatic rings. The van der Waals surface area contributed by atoms with E-state index in [9.17, 15) is 4.79 Å². The number of hydrogen-bond donors (Lipinski definition) is 1. The number of pyridine rings is 1. The number of carbonyl (C=O) groups is 1. The maximum Gasteiger partial charge on any atom is 0.234 e. The van der Waals surface area contributed by atoms with E-state index in [2.05, 4.69) is 31.8 Å². The minimum Gasteiger partial charge on any atom is -0.378 e. The van der Waals surface area contributed by atoms with Crippen molar-refractivity contribution in [1.82, 2.24) is 24.5 Å². The van der Waals surface area contributed by atoms with Crippen molar-refractivity contribution in [3.8, 4) is 0 Å². The molecule has 1 amide bonds. The highest BCUT2D eigenvalue weighted by molar-refractivity contribution is 6.31. The lowest BCUT2D eigenvalue weighted by Crippen LogP contribution is -2.27. The van der Waals surface area contributed by atoms with Crippen LogP contribution in [0.1, 0.15) is 31.6 Å². The first-order chi connectivity index (χ1) is 15.1. The van der Waals surface area contributed by atoms with Crippen LogP contribution >= 0.6 is 11.6 Å². The predicted molar refractivity (Wildman–Crippen MR) is 118 cm³/mol. The maximum absolute atomic E-state index is 12.8. The molecule has 0 saturated carbocycles. The standard InChI is InChI=1S/C22H21ClN6O2/c1-13-9-15(5-8-31-13)29-19(11-20(30)28-22-24-6-2-7-25-22)27-18-12-26-17-4-3-14(23)10-16(17)21(18)29/h2-4,6-7,10,12-13,15H,5,8-9,11H2,1H3,(H,24,25,28,30)/t13-,15-/m1/s1.